The Balaban J connectivity index is 3.14. The van der Waals surface area contributed by atoms with Gasteiger partial charge < -0.3 is 10.6 Å². The fraction of sp³-hybridized carbons (Fsp3) is 0.706. The molecular formula is C17H31N3. The summed E-state index contributed by atoms with van der Waals surface area (Å²) in [5, 5.41) is 0. The zero-order valence-electron chi connectivity index (χ0n) is 14.0. The third-order valence-electron chi connectivity index (χ3n) is 3.81. The van der Waals surface area contributed by atoms with Crippen molar-refractivity contribution in [3.8, 4) is 0 Å². The number of hydrogen-bond donors (Lipinski definition) is 1. The maximum absolute atomic E-state index is 5.85. The van der Waals surface area contributed by atoms with Crippen LogP contribution in [0.25, 0.3) is 0 Å². The Morgan fingerprint density at radius 1 is 1.25 bits per heavy atom. The first-order chi connectivity index (χ1) is 9.31. The van der Waals surface area contributed by atoms with Crippen LogP contribution in [0.5, 0.6) is 0 Å². The van der Waals surface area contributed by atoms with Gasteiger partial charge in [0.1, 0.15) is 5.82 Å². The molecular weight excluding hydrogens is 246 g/mol. The van der Waals surface area contributed by atoms with Gasteiger partial charge in [-0.25, -0.2) is 4.98 Å². The first kappa shape index (κ1) is 17.0. The van der Waals surface area contributed by atoms with Crippen LogP contribution >= 0.6 is 0 Å². The van der Waals surface area contributed by atoms with Gasteiger partial charge in [-0.15, -0.1) is 0 Å². The lowest BCUT2D eigenvalue weighted by molar-refractivity contribution is 0.538. The summed E-state index contributed by atoms with van der Waals surface area (Å²) in [7, 11) is 0. The van der Waals surface area contributed by atoms with E-state index in [0.29, 0.717) is 12.5 Å². The van der Waals surface area contributed by atoms with Gasteiger partial charge in [-0.2, -0.15) is 0 Å². The van der Waals surface area contributed by atoms with E-state index in [9.17, 15) is 0 Å². The van der Waals surface area contributed by atoms with Crippen molar-refractivity contribution in [2.75, 3.05) is 18.0 Å². The summed E-state index contributed by atoms with van der Waals surface area (Å²) in [6.45, 7) is 15.9. The molecule has 1 unspecified atom stereocenters. The van der Waals surface area contributed by atoms with Crippen molar-refractivity contribution in [1.29, 1.82) is 0 Å². The molecule has 1 aromatic rings. The maximum Gasteiger partial charge on any atom is 0.129 e. The zero-order valence-corrected chi connectivity index (χ0v) is 14.0. The van der Waals surface area contributed by atoms with E-state index in [1.807, 2.05) is 0 Å². The first-order valence-corrected chi connectivity index (χ1v) is 7.78. The molecule has 0 saturated heterocycles. The summed E-state index contributed by atoms with van der Waals surface area (Å²) in [5.74, 6) is 1.75. The van der Waals surface area contributed by atoms with Gasteiger partial charge >= 0.3 is 0 Å². The van der Waals surface area contributed by atoms with Crippen molar-refractivity contribution in [2.45, 2.75) is 59.9 Å². The summed E-state index contributed by atoms with van der Waals surface area (Å²) >= 11 is 0. The van der Waals surface area contributed by atoms with Crippen molar-refractivity contribution < 1.29 is 0 Å². The standard InChI is InChI=1S/C17H31N3/c1-7-13(3)12-20(8-2)16-10-14(11-18)9-15(19-16)17(4,5)6/h9-10,13H,7-8,11-12,18H2,1-6H3. The van der Waals surface area contributed by atoms with E-state index in [0.717, 1.165) is 24.6 Å². The molecule has 2 N–H and O–H groups in total. The molecule has 0 aliphatic heterocycles. The van der Waals surface area contributed by atoms with Gasteiger partial charge in [0.2, 0.25) is 0 Å². The quantitative estimate of drug-likeness (QED) is 0.862. The Bertz CT molecular complexity index is 421. The average Bonchev–Trinajstić information content (AvgIpc) is 2.42. The fourth-order valence-corrected chi connectivity index (χ4v) is 2.13. The minimum absolute atomic E-state index is 0.0513. The minimum atomic E-state index is 0.0513. The third kappa shape index (κ3) is 4.48. The molecule has 1 atom stereocenters. The molecule has 0 aromatic carbocycles. The summed E-state index contributed by atoms with van der Waals surface area (Å²) in [4.78, 5) is 7.25. The van der Waals surface area contributed by atoms with Crippen LogP contribution in [0.2, 0.25) is 0 Å². The molecule has 0 radical (unpaired) electrons. The second-order valence-electron chi connectivity index (χ2n) is 6.73. The monoisotopic (exact) mass is 277 g/mol. The van der Waals surface area contributed by atoms with Gasteiger partial charge in [0.25, 0.3) is 0 Å². The Hall–Kier alpha value is -1.09. The largest absolute Gasteiger partial charge is 0.357 e. The van der Waals surface area contributed by atoms with E-state index in [4.69, 9.17) is 10.7 Å². The van der Waals surface area contributed by atoms with Crippen molar-refractivity contribution in [3.63, 3.8) is 0 Å². The second kappa shape index (κ2) is 7.07. The molecule has 3 nitrogen and oxygen atoms in total. The number of hydrogen-bond acceptors (Lipinski definition) is 3. The van der Waals surface area contributed by atoms with Gasteiger partial charge in [-0.05, 0) is 30.5 Å². The number of anilines is 1. The van der Waals surface area contributed by atoms with Gasteiger partial charge in [0.05, 0.1) is 0 Å². The molecule has 20 heavy (non-hydrogen) atoms. The van der Waals surface area contributed by atoms with Crippen LogP contribution < -0.4 is 10.6 Å². The van der Waals surface area contributed by atoms with Crippen molar-refractivity contribution >= 4 is 5.82 Å². The molecule has 0 bridgehead atoms. The van der Waals surface area contributed by atoms with Crippen LogP contribution in [-0.2, 0) is 12.0 Å². The van der Waals surface area contributed by atoms with Crippen LogP contribution in [0.3, 0.4) is 0 Å². The number of rotatable bonds is 6. The smallest absolute Gasteiger partial charge is 0.129 e. The number of nitrogens with zero attached hydrogens (tertiary/aromatic N) is 2. The Labute approximate surface area is 124 Å². The molecule has 1 aromatic heterocycles. The summed E-state index contributed by atoms with van der Waals surface area (Å²) in [6, 6.07) is 4.28. The highest BCUT2D eigenvalue weighted by molar-refractivity contribution is 5.44. The number of aromatic nitrogens is 1. The highest BCUT2D eigenvalue weighted by atomic mass is 15.2. The lowest BCUT2D eigenvalue weighted by Gasteiger charge is -2.28. The molecule has 0 amide bonds. The summed E-state index contributed by atoms with van der Waals surface area (Å²) in [5.41, 5.74) is 8.20. The van der Waals surface area contributed by atoms with Crippen LogP contribution in [0.4, 0.5) is 5.82 Å². The molecule has 114 valence electrons. The average molecular weight is 277 g/mol. The Morgan fingerprint density at radius 2 is 1.90 bits per heavy atom. The predicted octanol–water partition coefficient (Wildman–Crippen LogP) is 3.71. The SMILES string of the molecule is CCC(C)CN(CC)c1cc(CN)cc(C(C)(C)C)n1. The Kier molecular flexibility index (Phi) is 6.00. The van der Waals surface area contributed by atoms with E-state index in [1.165, 1.54) is 12.0 Å². The van der Waals surface area contributed by atoms with E-state index in [1.54, 1.807) is 0 Å². The van der Waals surface area contributed by atoms with Crippen LogP contribution in [0, 0.1) is 5.92 Å². The molecule has 1 rings (SSSR count). The summed E-state index contributed by atoms with van der Waals surface area (Å²) < 4.78 is 0. The number of nitrogens with two attached hydrogens (primary N) is 1. The van der Waals surface area contributed by atoms with Gasteiger partial charge in [0.15, 0.2) is 0 Å². The lowest BCUT2D eigenvalue weighted by atomic mass is 9.90. The molecule has 3 heteroatoms. The van der Waals surface area contributed by atoms with Crippen molar-refractivity contribution in [1.82, 2.24) is 4.98 Å². The maximum atomic E-state index is 5.85. The van der Waals surface area contributed by atoms with E-state index < -0.39 is 0 Å². The van der Waals surface area contributed by atoms with Crippen LogP contribution in [0.1, 0.15) is 59.2 Å². The third-order valence-corrected chi connectivity index (χ3v) is 3.81. The van der Waals surface area contributed by atoms with Crippen molar-refractivity contribution in [2.24, 2.45) is 11.7 Å². The Morgan fingerprint density at radius 3 is 2.35 bits per heavy atom. The van der Waals surface area contributed by atoms with E-state index in [2.05, 4.69) is 58.6 Å². The van der Waals surface area contributed by atoms with Gasteiger partial charge in [0, 0.05) is 30.7 Å². The van der Waals surface area contributed by atoms with Gasteiger partial charge in [-0.3, -0.25) is 0 Å². The fourth-order valence-electron chi connectivity index (χ4n) is 2.13. The first-order valence-electron chi connectivity index (χ1n) is 7.78. The van der Waals surface area contributed by atoms with E-state index >= 15 is 0 Å². The second-order valence-corrected chi connectivity index (χ2v) is 6.73. The van der Waals surface area contributed by atoms with E-state index in [-0.39, 0.29) is 5.41 Å². The van der Waals surface area contributed by atoms with Gasteiger partial charge in [-0.1, -0.05) is 41.0 Å². The molecule has 0 aliphatic rings. The lowest BCUT2D eigenvalue weighted by Crippen LogP contribution is -2.30. The summed E-state index contributed by atoms with van der Waals surface area (Å²) in [6.07, 6.45) is 1.19. The highest BCUT2D eigenvalue weighted by Gasteiger charge is 2.19. The predicted molar refractivity (Wildman–Crippen MR) is 88.2 cm³/mol. The molecule has 0 aliphatic carbocycles. The molecule has 0 fully saturated rings. The zero-order chi connectivity index (χ0) is 15.3. The van der Waals surface area contributed by atoms with Crippen molar-refractivity contribution in [3.05, 3.63) is 23.4 Å². The highest BCUT2D eigenvalue weighted by Crippen LogP contribution is 2.25. The van der Waals surface area contributed by atoms with Crippen LogP contribution in [0.15, 0.2) is 12.1 Å². The topological polar surface area (TPSA) is 42.1 Å². The molecule has 1 heterocycles. The molecule has 0 spiro atoms. The number of pyridine rings is 1. The minimum Gasteiger partial charge on any atom is -0.357 e. The molecule has 0 saturated carbocycles. The normalized spacial score (nSPS) is 13.3. The van der Waals surface area contributed by atoms with Crippen LogP contribution in [-0.4, -0.2) is 18.1 Å².